The molecule has 2 aromatic carbocycles. The normalized spacial score (nSPS) is 11.3. The van der Waals surface area contributed by atoms with Crippen molar-refractivity contribution in [2.45, 2.75) is 13.5 Å². The maximum Gasteiger partial charge on any atom is 0.291 e. The summed E-state index contributed by atoms with van der Waals surface area (Å²) in [5.41, 5.74) is 5.55. The van der Waals surface area contributed by atoms with E-state index in [1.54, 1.807) is 24.1 Å². The number of halogens is 1. The maximum absolute atomic E-state index is 12.3. The summed E-state index contributed by atoms with van der Waals surface area (Å²) in [4.78, 5) is 12.3. The molecule has 6 nitrogen and oxygen atoms in total. The van der Waals surface area contributed by atoms with E-state index < -0.39 is 0 Å². The second kappa shape index (κ2) is 8.64. The molecule has 0 fully saturated rings. The van der Waals surface area contributed by atoms with Crippen molar-refractivity contribution < 1.29 is 9.53 Å². The van der Waals surface area contributed by atoms with Crippen LogP contribution in [0.25, 0.3) is 0 Å². The van der Waals surface area contributed by atoms with E-state index in [0.29, 0.717) is 18.0 Å². The van der Waals surface area contributed by atoms with Crippen LogP contribution in [0.3, 0.4) is 0 Å². The largest absolute Gasteiger partial charge is 0.497 e. The molecule has 0 unspecified atom stereocenters. The molecule has 138 valence electrons. The zero-order valence-corrected chi connectivity index (χ0v) is 16.6. The van der Waals surface area contributed by atoms with Crippen molar-refractivity contribution in [3.63, 3.8) is 0 Å². The summed E-state index contributed by atoms with van der Waals surface area (Å²) in [5, 5.41) is 8.46. The number of rotatable bonds is 6. The molecule has 1 heterocycles. The summed E-state index contributed by atoms with van der Waals surface area (Å²) in [5.74, 6) is 0.419. The highest BCUT2D eigenvalue weighted by Crippen LogP contribution is 2.13. The molecule has 0 spiro atoms. The van der Waals surface area contributed by atoms with Crippen molar-refractivity contribution in [2.75, 3.05) is 7.11 Å². The first-order valence-electron chi connectivity index (χ1n) is 8.32. The van der Waals surface area contributed by atoms with Crippen LogP contribution in [-0.4, -0.2) is 28.5 Å². The fourth-order valence-corrected chi connectivity index (χ4v) is 2.93. The van der Waals surface area contributed by atoms with Crippen LogP contribution in [0.4, 0.5) is 0 Å². The van der Waals surface area contributed by atoms with Gasteiger partial charge in [-0.05, 0) is 60.5 Å². The zero-order chi connectivity index (χ0) is 19.2. The molecule has 0 aliphatic heterocycles. The number of nitrogens with one attached hydrogen (secondary N) is 1. The number of hydrogen-bond donors (Lipinski definition) is 1. The van der Waals surface area contributed by atoms with Gasteiger partial charge in [0.1, 0.15) is 5.75 Å². The standard InChI is InChI=1S/C20H19BrN4O2/c1-14(16-6-8-18(27-2)9-7-16)22-23-20(26)19-10-11-25(24-19)13-15-4-3-5-17(21)12-15/h3-12H,13H2,1-2H3,(H,23,26). The van der Waals surface area contributed by atoms with E-state index >= 15 is 0 Å². The Bertz CT molecular complexity index is 964. The summed E-state index contributed by atoms with van der Waals surface area (Å²) in [7, 11) is 1.62. The van der Waals surface area contributed by atoms with Gasteiger partial charge >= 0.3 is 0 Å². The monoisotopic (exact) mass is 426 g/mol. The van der Waals surface area contributed by atoms with E-state index in [0.717, 1.165) is 21.3 Å². The number of aromatic nitrogens is 2. The summed E-state index contributed by atoms with van der Waals surface area (Å²) < 4.78 is 7.86. The van der Waals surface area contributed by atoms with Gasteiger partial charge in [0, 0.05) is 10.7 Å². The van der Waals surface area contributed by atoms with E-state index in [4.69, 9.17) is 4.74 Å². The minimum atomic E-state index is -0.351. The van der Waals surface area contributed by atoms with Crippen molar-refractivity contribution in [2.24, 2.45) is 5.10 Å². The highest BCUT2D eigenvalue weighted by molar-refractivity contribution is 9.10. The Labute approximate surface area is 166 Å². The predicted octanol–water partition coefficient (Wildman–Crippen LogP) is 3.86. The molecule has 0 bridgehead atoms. The quantitative estimate of drug-likeness (QED) is 0.480. The van der Waals surface area contributed by atoms with Crippen LogP contribution in [0.5, 0.6) is 5.75 Å². The van der Waals surface area contributed by atoms with Crippen LogP contribution in [-0.2, 0) is 6.54 Å². The van der Waals surface area contributed by atoms with Crippen molar-refractivity contribution in [3.8, 4) is 5.75 Å². The fourth-order valence-electron chi connectivity index (χ4n) is 2.48. The first kappa shape index (κ1) is 18.8. The molecule has 0 atom stereocenters. The first-order valence-corrected chi connectivity index (χ1v) is 9.11. The average Bonchev–Trinajstić information content (AvgIpc) is 3.14. The predicted molar refractivity (Wildman–Crippen MR) is 108 cm³/mol. The van der Waals surface area contributed by atoms with E-state index in [1.807, 2.05) is 55.5 Å². The smallest absolute Gasteiger partial charge is 0.291 e. The van der Waals surface area contributed by atoms with Gasteiger partial charge in [0.2, 0.25) is 0 Å². The van der Waals surface area contributed by atoms with Crippen molar-refractivity contribution in [1.82, 2.24) is 15.2 Å². The van der Waals surface area contributed by atoms with Gasteiger partial charge in [-0.3, -0.25) is 9.48 Å². The third kappa shape index (κ3) is 5.04. The number of nitrogens with zero attached hydrogens (tertiary/aromatic N) is 3. The zero-order valence-electron chi connectivity index (χ0n) is 15.0. The van der Waals surface area contributed by atoms with Gasteiger partial charge in [-0.25, -0.2) is 5.43 Å². The molecule has 7 heteroatoms. The SMILES string of the molecule is COc1ccc(C(C)=NNC(=O)c2ccn(Cc3cccc(Br)c3)n2)cc1. The van der Waals surface area contributed by atoms with Gasteiger partial charge in [0.15, 0.2) is 5.69 Å². The molecule has 3 rings (SSSR count). The van der Waals surface area contributed by atoms with E-state index in [2.05, 4.69) is 31.6 Å². The Kier molecular flexibility index (Phi) is 6.03. The average molecular weight is 427 g/mol. The molecule has 0 aliphatic rings. The molecule has 0 radical (unpaired) electrons. The molecule has 1 amide bonds. The van der Waals surface area contributed by atoms with Gasteiger partial charge in [-0.2, -0.15) is 10.2 Å². The lowest BCUT2D eigenvalue weighted by Gasteiger charge is -2.04. The fraction of sp³-hybridized carbons (Fsp3) is 0.150. The number of carbonyl (C=O) groups excluding carboxylic acids is 1. The minimum Gasteiger partial charge on any atom is -0.497 e. The Morgan fingerprint density at radius 3 is 2.70 bits per heavy atom. The third-order valence-corrected chi connectivity index (χ3v) is 4.43. The summed E-state index contributed by atoms with van der Waals surface area (Å²) in [6.07, 6.45) is 1.77. The summed E-state index contributed by atoms with van der Waals surface area (Å²) >= 11 is 3.45. The van der Waals surface area contributed by atoms with Crippen molar-refractivity contribution in [3.05, 3.63) is 82.1 Å². The van der Waals surface area contributed by atoms with Crippen LogP contribution in [0, 0.1) is 0 Å². The number of ether oxygens (including phenoxy) is 1. The minimum absolute atomic E-state index is 0.316. The molecule has 0 saturated heterocycles. The van der Waals surface area contributed by atoms with Crippen molar-refractivity contribution in [1.29, 1.82) is 0 Å². The topological polar surface area (TPSA) is 68.5 Å². The first-order chi connectivity index (χ1) is 13.0. The van der Waals surface area contributed by atoms with Crippen molar-refractivity contribution >= 4 is 27.5 Å². The lowest BCUT2D eigenvalue weighted by Crippen LogP contribution is -2.20. The third-order valence-electron chi connectivity index (χ3n) is 3.94. The Balaban J connectivity index is 1.63. The van der Waals surface area contributed by atoms with Crippen LogP contribution in [0.2, 0.25) is 0 Å². The lowest BCUT2D eigenvalue weighted by molar-refractivity contribution is 0.0949. The van der Waals surface area contributed by atoms with Gasteiger partial charge in [-0.15, -0.1) is 0 Å². The van der Waals surface area contributed by atoms with Gasteiger partial charge < -0.3 is 4.74 Å². The highest BCUT2D eigenvalue weighted by atomic mass is 79.9. The molecule has 1 aromatic heterocycles. The molecular weight excluding hydrogens is 408 g/mol. The summed E-state index contributed by atoms with van der Waals surface area (Å²) in [6, 6.07) is 17.1. The van der Waals surface area contributed by atoms with Crippen LogP contribution < -0.4 is 10.2 Å². The Hall–Kier alpha value is -2.93. The highest BCUT2D eigenvalue weighted by Gasteiger charge is 2.09. The molecule has 0 saturated carbocycles. The number of hydrazone groups is 1. The van der Waals surface area contributed by atoms with E-state index in [9.17, 15) is 4.79 Å². The number of amides is 1. The number of methoxy groups -OCH3 is 1. The molecular formula is C20H19BrN4O2. The molecule has 27 heavy (non-hydrogen) atoms. The summed E-state index contributed by atoms with van der Waals surface area (Å²) in [6.45, 7) is 2.41. The van der Waals surface area contributed by atoms with E-state index in [1.165, 1.54) is 0 Å². The second-order valence-electron chi connectivity index (χ2n) is 5.90. The number of benzene rings is 2. The van der Waals surface area contributed by atoms with Crippen LogP contribution >= 0.6 is 15.9 Å². The number of hydrogen-bond acceptors (Lipinski definition) is 4. The van der Waals surface area contributed by atoms with E-state index in [-0.39, 0.29) is 5.91 Å². The molecule has 3 aromatic rings. The van der Waals surface area contributed by atoms with Crippen LogP contribution in [0.1, 0.15) is 28.5 Å². The Morgan fingerprint density at radius 1 is 1.22 bits per heavy atom. The number of carbonyl (C=O) groups is 1. The van der Waals surface area contributed by atoms with Gasteiger partial charge in [-0.1, -0.05) is 28.1 Å². The molecule has 1 N–H and O–H groups in total. The molecule has 0 aliphatic carbocycles. The van der Waals surface area contributed by atoms with Crippen LogP contribution in [0.15, 0.2) is 70.4 Å². The second-order valence-corrected chi connectivity index (χ2v) is 6.81. The van der Waals surface area contributed by atoms with Gasteiger partial charge in [0.25, 0.3) is 5.91 Å². The maximum atomic E-state index is 12.3. The Morgan fingerprint density at radius 2 is 2.00 bits per heavy atom. The van der Waals surface area contributed by atoms with Gasteiger partial charge in [0.05, 0.1) is 19.4 Å². The lowest BCUT2D eigenvalue weighted by atomic mass is 10.1.